The van der Waals surface area contributed by atoms with Crippen molar-refractivity contribution in [2.75, 3.05) is 0 Å². The Hall–Kier alpha value is -1.35. The van der Waals surface area contributed by atoms with Crippen molar-refractivity contribution in [1.29, 1.82) is 0 Å². The van der Waals surface area contributed by atoms with E-state index in [4.69, 9.17) is 5.11 Å². The minimum atomic E-state index is -0.728. The molecule has 1 aromatic rings. The molecule has 1 aliphatic carbocycles. The Balaban J connectivity index is 2.10. The van der Waals surface area contributed by atoms with Crippen LogP contribution in [0.3, 0.4) is 0 Å². The molecule has 0 aromatic heterocycles. The first-order chi connectivity index (χ1) is 8.61. The fourth-order valence-electron chi connectivity index (χ4n) is 2.29. The highest BCUT2D eigenvalue weighted by molar-refractivity contribution is 5.73. The molecule has 1 unspecified atom stereocenters. The zero-order valence-corrected chi connectivity index (χ0v) is 11.1. The molecule has 0 spiro atoms. The van der Waals surface area contributed by atoms with Crippen molar-refractivity contribution in [2.24, 2.45) is 0 Å². The molecule has 1 atom stereocenters. The van der Waals surface area contributed by atoms with Gasteiger partial charge in [-0.25, -0.2) is 0 Å². The average Bonchev–Trinajstić information content (AvgIpc) is 3.19. The molecule has 0 bridgehead atoms. The first kappa shape index (κ1) is 13.1. The van der Waals surface area contributed by atoms with Gasteiger partial charge < -0.3 is 5.11 Å². The van der Waals surface area contributed by atoms with Crippen LogP contribution in [0.2, 0.25) is 0 Å². The van der Waals surface area contributed by atoms with Crippen LogP contribution in [0.1, 0.15) is 37.8 Å². The number of carboxylic acids is 1. The highest BCUT2D eigenvalue weighted by Gasteiger charge is 2.34. The zero-order valence-electron chi connectivity index (χ0n) is 11.1. The Kier molecular flexibility index (Phi) is 4.02. The molecule has 3 heteroatoms. The van der Waals surface area contributed by atoms with Crippen LogP contribution in [0, 0.1) is 0 Å². The van der Waals surface area contributed by atoms with E-state index >= 15 is 0 Å². The van der Waals surface area contributed by atoms with Crippen molar-refractivity contribution in [2.45, 2.75) is 51.7 Å². The number of hydrogen-bond acceptors (Lipinski definition) is 2. The number of carbonyl (C=O) groups is 1. The third-order valence-corrected chi connectivity index (χ3v) is 3.64. The van der Waals surface area contributed by atoms with E-state index in [9.17, 15) is 4.79 Å². The van der Waals surface area contributed by atoms with Crippen LogP contribution in [-0.4, -0.2) is 28.1 Å². The Morgan fingerprint density at radius 3 is 2.67 bits per heavy atom. The third-order valence-electron chi connectivity index (χ3n) is 3.64. The van der Waals surface area contributed by atoms with Crippen LogP contribution in [0.25, 0.3) is 0 Å². The van der Waals surface area contributed by atoms with Gasteiger partial charge in [0.2, 0.25) is 0 Å². The van der Waals surface area contributed by atoms with Gasteiger partial charge in [0.15, 0.2) is 0 Å². The third kappa shape index (κ3) is 3.10. The van der Waals surface area contributed by atoms with E-state index in [1.807, 2.05) is 0 Å². The largest absolute Gasteiger partial charge is 0.480 e. The number of nitrogens with zero attached hydrogens (tertiary/aromatic N) is 1. The summed E-state index contributed by atoms with van der Waals surface area (Å²) in [5.41, 5.74) is 2.53. The Morgan fingerprint density at radius 1 is 1.44 bits per heavy atom. The van der Waals surface area contributed by atoms with Crippen molar-refractivity contribution in [3.63, 3.8) is 0 Å². The predicted octanol–water partition coefficient (Wildman–Crippen LogP) is 2.69. The molecule has 98 valence electrons. The lowest BCUT2D eigenvalue weighted by molar-refractivity contribution is -0.143. The van der Waals surface area contributed by atoms with Gasteiger partial charge in [0.1, 0.15) is 6.04 Å². The van der Waals surface area contributed by atoms with Gasteiger partial charge in [0.05, 0.1) is 0 Å². The number of hydrogen-bond donors (Lipinski definition) is 1. The highest BCUT2D eigenvalue weighted by Crippen LogP contribution is 2.30. The average molecular weight is 247 g/mol. The van der Waals surface area contributed by atoms with Gasteiger partial charge >= 0.3 is 5.97 Å². The summed E-state index contributed by atoms with van der Waals surface area (Å²) >= 11 is 0. The quantitative estimate of drug-likeness (QED) is 0.840. The molecule has 0 aliphatic heterocycles. The van der Waals surface area contributed by atoms with Gasteiger partial charge in [-0.15, -0.1) is 0 Å². The van der Waals surface area contributed by atoms with E-state index in [1.165, 1.54) is 11.1 Å². The molecule has 0 radical (unpaired) electrons. The smallest absolute Gasteiger partial charge is 0.320 e. The summed E-state index contributed by atoms with van der Waals surface area (Å²) in [5, 5.41) is 9.17. The van der Waals surface area contributed by atoms with Gasteiger partial charge in [0.25, 0.3) is 0 Å². The molecule has 2 rings (SSSR count). The molecule has 3 nitrogen and oxygen atoms in total. The summed E-state index contributed by atoms with van der Waals surface area (Å²) < 4.78 is 0. The zero-order chi connectivity index (χ0) is 13.1. The molecule has 0 heterocycles. The normalized spacial score (nSPS) is 16.8. The summed E-state index contributed by atoms with van der Waals surface area (Å²) in [6.07, 6.45) is 3.28. The lowest BCUT2D eigenvalue weighted by Gasteiger charge is -2.26. The van der Waals surface area contributed by atoms with Crippen LogP contribution in [0.4, 0.5) is 0 Å². The van der Waals surface area contributed by atoms with Crippen LogP contribution in [0.15, 0.2) is 24.3 Å². The molecule has 1 N–H and O–H groups in total. The highest BCUT2D eigenvalue weighted by atomic mass is 16.4. The number of aryl methyl sites for hydroxylation is 1. The second kappa shape index (κ2) is 5.53. The van der Waals surface area contributed by atoms with Crippen LogP contribution in [-0.2, 0) is 17.8 Å². The van der Waals surface area contributed by atoms with Gasteiger partial charge in [-0.2, -0.15) is 0 Å². The molecule has 0 amide bonds. The van der Waals surface area contributed by atoms with Crippen LogP contribution in [0.5, 0.6) is 0 Å². The summed E-state index contributed by atoms with van der Waals surface area (Å²) in [4.78, 5) is 13.3. The monoisotopic (exact) mass is 247 g/mol. The van der Waals surface area contributed by atoms with E-state index in [0.29, 0.717) is 6.04 Å². The first-order valence-electron chi connectivity index (χ1n) is 6.68. The Bertz CT molecular complexity index is 426. The SMILES string of the molecule is CCc1cccc(CN(C2CC2)C(C)C(=O)O)c1. The molecule has 0 saturated heterocycles. The van der Waals surface area contributed by atoms with Gasteiger partial charge in [-0.3, -0.25) is 9.69 Å². The fraction of sp³-hybridized carbons (Fsp3) is 0.533. The number of carboxylic acid groups (broad SMARTS) is 1. The second-order valence-corrected chi connectivity index (χ2v) is 5.09. The van der Waals surface area contributed by atoms with Crippen molar-refractivity contribution in [3.05, 3.63) is 35.4 Å². The molecule has 1 aliphatic rings. The first-order valence-corrected chi connectivity index (χ1v) is 6.68. The second-order valence-electron chi connectivity index (χ2n) is 5.09. The minimum absolute atomic E-state index is 0.400. The molecular formula is C15H21NO2. The standard InChI is InChI=1S/C15H21NO2/c1-3-12-5-4-6-13(9-12)10-16(14-7-8-14)11(2)15(17)18/h4-6,9,11,14H,3,7-8,10H2,1-2H3,(H,17,18). The lowest BCUT2D eigenvalue weighted by Crippen LogP contribution is -2.40. The van der Waals surface area contributed by atoms with Crippen LogP contribution < -0.4 is 0 Å². The molecule has 1 fully saturated rings. The fourth-order valence-corrected chi connectivity index (χ4v) is 2.29. The number of rotatable bonds is 6. The van der Waals surface area contributed by atoms with Crippen molar-refractivity contribution in [3.8, 4) is 0 Å². The molecule has 18 heavy (non-hydrogen) atoms. The summed E-state index contributed by atoms with van der Waals surface area (Å²) in [7, 11) is 0. The van der Waals surface area contributed by atoms with Crippen molar-refractivity contribution in [1.82, 2.24) is 4.90 Å². The maximum atomic E-state index is 11.1. The van der Waals surface area contributed by atoms with E-state index in [0.717, 1.165) is 25.8 Å². The molecule has 1 saturated carbocycles. The van der Waals surface area contributed by atoms with E-state index in [1.54, 1.807) is 6.92 Å². The van der Waals surface area contributed by atoms with Crippen molar-refractivity contribution < 1.29 is 9.90 Å². The topological polar surface area (TPSA) is 40.5 Å². The van der Waals surface area contributed by atoms with E-state index in [2.05, 4.69) is 36.1 Å². The maximum Gasteiger partial charge on any atom is 0.320 e. The van der Waals surface area contributed by atoms with Gasteiger partial charge in [-0.1, -0.05) is 31.2 Å². The summed E-state index contributed by atoms with van der Waals surface area (Å²) in [6, 6.07) is 8.51. The maximum absolute atomic E-state index is 11.1. The lowest BCUT2D eigenvalue weighted by atomic mass is 10.1. The van der Waals surface area contributed by atoms with E-state index < -0.39 is 12.0 Å². The Morgan fingerprint density at radius 2 is 2.11 bits per heavy atom. The molecule has 1 aromatic carbocycles. The van der Waals surface area contributed by atoms with E-state index in [-0.39, 0.29) is 0 Å². The summed E-state index contributed by atoms with van der Waals surface area (Å²) in [6.45, 7) is 4.66. The van der Waals surface area contributed by atoms with Gasteiger partial charge in [0, 0.05) is 12.6 Å². The minimum Gasteiger partial charge on any atom is -0.480 e. The van der Waals surface area contributed by atoms with Gasteiger partial charge in [-0.05, 0) is 37.3 Å². The van der Waals surface area contributed by atoms with Crippen molar-refractivity contribution >= 4 is 5.97 Å². The number of benzene rings is 1. The molecular weight excluding hydrogens is 226 g/mol. The number of aliphatic carboxylic acids is 1. The predicted molar refractivity (Wildman–Crippen MR) is 71.5 cm³/mol. The Labute approximate surface area is 108 Å². The van der Waals surface area contributed by atoms with Crippen LogP contribution >= 0.6 is 0 Å². The summed E-state index contributed by atoms with van der Waals surface area (Å²) in [5.74, 6) is -0.728.